The van der Waals surface area contributed by atoms with Crippen LogP contribution in [0.5, 0.6) is 0 Å². The highest BCUT2D eigenvalue weighted by Crippen LogP contribution is 2.07. The molecule has 0 aliphatic carbocycles. The van der Waals surface area contributed by atoms with E-state index in [0.717, 1.165) is 12.1 Å². The number of primary amides is 1. The molecule has 1 aromatic rings. The molecule has 17 heavy (non-hydrogen) atoms. The maximum absolute atomic E-state index is 11.2. The molecule has 0 fully saturated rings. The molecule has 4 heteroatoms. The van der Waals surface area contributed by atoms with Gasteiger partial charge >= 0.3 is 0 Å². The topological polar surface area (TPSA) is 58.4 Å². The number of nitrogens with zero attached hydrogens (tertiary/aromatic N) is 1. The van der Waals surface area contributed by atoms with Gasteiger partial charge in [0, 0.05) is 24.7 Å². The number of nitrogens with two attached hydrogens (primary N) is 1. The Labute approximate surface area is 103 Å². The second-order valence-corrected chi connectivity index (χ2v) is 4.57. The van der Waals surface area contributed by atoms with E-state index >= 15 is 0 Å². The largest absolute Gasteiger partial charge is 0.366 e. The maximum Gasteiger partial charge on any atom is 0.249 e. The number of likely N-dealkylation sites (N-methyl/N-ethyl adjacent to an activating group) is 1. The van der Waals surface area contributed by atoms with Crippen LogP contribution in [0.3, 0.4) is 0 Å². The molecule has 4 nitrogen and oxygen atoms in total. The van der Waals surface area contributed by atoms with Crippen molar-refractivity contribution in [2.45, 2.75) is 19.5 Å². The monoisotopic (exact) mass is 235 g/mol. The Balaban J connectivity index is 2.60. The number of hydrogen-bond acceptors (Lipinski definition) is 3. The van der Waals surface area contributed by atoms with Crippen LogP contribution in [0.2, 0.25) is 0 Å². The third-order valence-corrected chi connectivity index (χ3v) is 2.56. The van der Waals surface area contributed by atoms with Gasteiger partial charge in [0.25, 0.3) is 0 Å². The van der Waals surface area contributed by atoms with E-state index in [-0.39, 0.29) is 5.91 Å². The standard InChI is InChI=1S/C13H21N3O/c1-10(9-16(2)3)15-8-11-6-4-5-7-12(11)13(14)17/h4-7,10,15H,8-9H2,1-3H3,(H2,14,17). The van der Waals surface area contributed by atoms with Crippen LogP contribution >= 0.6 is 0 Å². The van der Waals surface area contributed by atoms with E-state index in [1.165, 1.54) is 0 Å². The molecular weight excluding hydrogens is 214 g/mol. The minimum Gasteiger partial charge on any atom is -0.366 e. The SMILES string of the molecule is CC(CN(C)C)NCc1ccccc1C(N)=O. The predicted molar refractivity (Wildman–Crippen MR) is 69.8 cm³/mol. The fourth-order valence-electron chi connectivity index (χ4n) is 1.81. The Hall–Kier alpha value is -1.39. The second-order valence-electron chi connectivity index (χ2n) is 4.57. The molecule has 0 aromatic heterocycles. The fraction of sp³-hybridized carbons (Fsp3) is 0.462. The van der Waals surface area contributed by atoms with Crippen molar-refractivity contribution in [2.75, 3.05) is 20.6 Å². The smallest absolute Gasteiger partial charge is 0.249 e. The van der Waals surface area contributed by atoms with Crippen LogP contribution < -0.4 is 11.1 Å². The first-order valence-corrected chi connectivity index (χ1v) is 5.76. The molecule has 94 valence electrons. The minimum atomic E-state index is -0.373. The quantitative estimate of drug-likeness (QED) is 0.767. The molecule has 1 atom stereocenters. The van der Waals surface area contributed by atoms with Crippen LogP contribution in [-0.2, 0) is 6.54 Å². The fourth-order valence-corrected chi connectivity index (χ4v) is 1.81. The average molecular weight is 235 g/mol. The summed E-state index contributed by atoms with van der Waals surface area (Å²) in [6.45, 7) is 3.74. The molecule has 0 aliphatic heterocycles. The molecule has 0 bridgehead atoms. The zero-order chi connectivity index (χ0) is 12.8. The first kappa shape index (κ1) is 13.7. The molecule has 1 rings (SSSR count). The lowest BCUT2D eigenvalue weighted by Crippen LogP contribution is -2.35. The Kier molecular flexibility index (Phi) is 5.12. The van der Waals surface area contributed by atoms with Gasteiger partial charge in [-0.2, -0.15) is 0 Å². The van der Waals surface area contributed by atoms with Crippen molar-refractivity contribution in [3.63, 3.8) is 0 Å². The zero-order valence-corrected chi connectivity index (χ0v) is 10.7. The van der Waals surface area contributed by atoms with Gasteiger partial charge in [0.15, 0.2) is 0 Å². The maximum atomic E-state index is 11.2. The van der Waals surface area contributed by atoms with E-state index in [4.69, 9.17) is 5.73 Å². The summed E-state index contributed by atoms with van der Waals surface area (Å²) in [6.07, 6.45) is 0. The molecule has 0 aliphatic rings. The summed E-state index contributed by atoms with van der Waals surface area (Å²) in [7, 11) is 4.07. The molecule has 0 heterocycles. The summed E-state index contributed by atoms with van der Waals surface area (Å²) in [5, 5.41) is 3.38. The lowest BCUT2D eigenvalue weighted by atomic mass is 10.1. The van der Waals surface area contributed by atoms with Gasteiger partial charge < -0.3 is 16.0 Å². The highest BCUT2D eigenvalue weighted by molar-refractivity contribution is 5.94. The van der Waals surface area contributed by atoms with Gasteiger partial charge in [-0.15, -0.1) is 0 Å². The van der Waals surface area contributed by atoms with E-state index in [1.807, 2.05) is 32.3 Å². The molecular formula is C13H21N3O. The van der Waals surface area contributed by atoms with Crippen LogP contribution in [0.15, 0.2) is 24.3 Å². The number of amides is 1. The van der Waals surface area contributed by atoms with Gasteiger partial charge in [0.2, 0.25) is 5.91 Å². The van der Waals surface area contributed by atoms with Crippen LogP contribution in [0.4, 0.5) is 0 Å². The van der Waals surface area contributed by atoms with E-state index < -0.39 is 0 Å². The highest BCUT2D eigenvalue weighted by atomic mass is 16.1. The summed E-state index contributed by atoms with van der Waals surface area (Å²) >= 11 is 0. The van der Waals surface area contributed by atoms with Crippen LogP contribution in [0.1, 0.15) is 22.8 Å². The van der Waals surface area contributed by atoms with E-state index in [9.17, 15) is 4.79 Å². The van der Waals surface area contributed by atoms with Crippen molar-refractivity contribution < 1.29 is 4.79 Å². The third kappa shape index (κ3) is 4.54. The molecule has 3 N–H and O–H groups in total. The summed E-state index contributed by atoms with van der Waals surface area (Å²) in [6, 6.07) is 7.80. The number of rotatable bonds is 6. The van der Waals surface area contributed by atoms with Gasteiger partial charge in [-0.25, -0.2) is 0 Å². The molecule has 1 amide bonds. The molecule has 0 radical (unpaired) electrons. The Morgan fingerprint density at radius 3 is 2.65 bits per heavy atom. The third-order valence-electron chi connectivity index (χ3n) is 2.56. The first-order valence-electron chi connectivity index (χ1n) is 5.76. The Bertz CT molecular complexity index is 377. The normalized spacial score (nSPS) is 12.7. The molecule has 0 saturated heterocycles. The number of nitrogens with one attached hydrogen (secondary N) is 1. The summed E-state index contributed by atoms with van der Waals surface area (Å²) in [5.74, 6) is -0.373. The average Bonchev–Trinajstić information content (AvgIpc) is 2.25. The van der Waals surface area contributed by atoms with Gasteiger partial charge in [-0.1, -0.05) is 18.2 Å². The number of benzene rings is 1. The number of carbonyl (C=O) groups excluding carboxylic acids is 1. The van der Waals surface area contributed by atoms with Gasteiger partial charge in [0.1, 0.15) is 0 Å². The van der Waals surface area contributed by atoms with Crippen LogP contribution in [0.25, 0.3) is 0 Å². The van der Waals surface area contributed by atoms with E-state index in [1.54, 1.807) is 6.07 Å². The minimum absolute atomic E-state index is 0.367. The predicted octanol–water partition coefficient (Wildman–Crippen LogP) is 0.825. The number of hydrogen-bond donors (Lipinski definition) is 2. The van der Waals surface area contributed by atoms with E-state index in [0.29, 0.717) is 18.2 Å². The summed E-state index contributed by atoms with van der Waals surface area (Å²) in [5.41, 5.74) is 6.87. The molecule has 0 spiro atoms. The Morgan fingerprint density at radius 2 is 2.06 bits per heavy atom. The van der Waals surface area contributed by atoms with Gasteiger partial charge in [-0.3, -0.25) is 4.79 Å². The van der Waals surface area contributed by atoms with Crippen LogP contribution in [0, 0.1) is 0 Å². The van der Waals surface area contributed by atoms with Crippen molar-refractivity contribution in [2.24, 2.45) is 5.73 Å². The molecule has 1 aromatic carbocycles. The zero-order valence-electron chi connectivity index (χ0n) is 10.7. The van der Waals surface area contributed by atoms with Crippen molar-refractivity contribution in [3.8, 4) is 0 Å². The second kappa shape index (κ2) is 6.37. The molecule has 1 unspecified atom stereocenters. The van der Waals surface area contributed by atoms with Gasteiger partial charge in [0.05, 0.1) is 0 Å². The number of carbonyl (C=O) groups is 1. The van der Waals surface area contributed by atoms with Crippen molar-refractivity contribution in [1.29, 1.82) is 0 Å². The van der Waals surface area contributed by atoms with Crippen LogP contribution in [-0.4, -0.2) is 37.5 Å². The summed E-state index contributed by atoms with van der Waals surface area (Å²) < 4.78 is 0. The van der Waals surface area contributed by atoms with Crippen molar-refractivity contribution in [3.05, 3.63) is 35.4 Å². The van der Waals surface area contributed by atoms with Gasteiger partial charge in [-0.05, 0) is 32.6 Å². The van der Waals surface area contributed by atoms with Crippen molar-refractivity contribution >= 4 is 5.91 Å². The molecule has 0 saturated carbocycles. The summed E-state index contributed by atoms with van der Waals surface area (Å²) in [4.78, 5) is 13.4. The van der Waals surface area contributed by atoms with E-state index in [2.05, 4.69) is 17.1 Å². The lowest BCUT2D eigenvalue weighted by molar-refractivity contribution is 0.0999. The Morgan fingerprint density at radius 1 is 1.41 bits per heavy atom. The lowest BCUT2D eigenvalue weighted by Gasteiger charge is -2.18. The first-order chi connectivity index (χ1) is 8.00. The van der Waals surface area contributed by atoms with Crippen molar-refractivity contribution in [1.82, 2.24) is 10.2 Å². The highest BCUT2D eigenvalue weighted by Gasteiger charge is 2.08.